The number of hydrogen-bond acceptors (Lipinski definition) is 5. The standard InChI is InChI=1S/C17H19N3O4S/c1-2-24-16(22)10-15-20(14(21)11-25-15)9-5-8-19-13-7-4-3-6-12(13)18-17(19)23/h3-4,6-7,10H,2,5,8-9,11H2,1H3,(H,18,23)/b15-10-. The maximum atomic E-state index is 12.1. The van der Waals surface area contributed by atoms with Gasteiger partial charge in [-0.25, -0.2) is 9.59 Å². The molecule has 0 radical (unpaired) electrons. The molecule has 0 spiro atoms. The summed E-state index contributed by atoms with van der Waals surface area (Å²) < 4.78 is 6.56. The summed E-state index contributed by atoms with van der Waals surface area (Å²) in [5, 5.41) is 0.606. The topological polar surface area (TPSA) is 84.4 Å². The SMILES string of the molecule is CCOC(=O)/C=C1\SCC(=O)N1CCCn1c(=O)[nH]c2ccccc21. The highest BCUT2D eigenvalue weighted by atomic mass is 32.2. The van der Waals surface area contributed by atoms with Crippen molar-refractivity contribution in [1.29, 1.82) is 0 Å². The molecule has 8 heteroatoms. The Labute approximate surface area is 148 Å². The lowest BCUT2D eigenvalue weighted by Crippen LogP contribution is -2.28. The first-order chi connectivity index (χ1) is 12.1. The molecule has 3 rings (SSSR count). The predicted octanol–water partition coefficient (Wildman–Crippen LogP) is 1.70. The summed E-state index contributed by atoms with van der Waals surface area (Å²) >= 11 is 1.33. The third-order valence-corrected chi connectivity index (χ3v) is 4.91. The lowest BCUT2D eigenvalue weighted by Gasteiger charge is -2.17. The zero-order valence-electron chi connectivity index (χ0n) is 13.9. The van der Waals surface area contributed by atoms with Crippen LogP contribution in [0.25, 0.3) is 11.0 Å². The van der Waals surface area contributed by atoms with Crippen molar-refractivity contribution in [2.75, 3.05) is 18.9 Å². The normalized spacial score (nSPS) is 16.1. The molecule has 1 aliphatic rings. The number of nitrogens with zero attached hydrogens (tertiary/aromatic N) is 2. The van der Waals surface area contributed by atoms with E-state index in [0.717, 1.165) is 11.0 Å². The van der Waals surface area contributed by atoms with Crippen LogP contribution >= 0.6 is 11.8 Å². The van der Waals surface area contributed by atoms with E-state index >= 15 is 0 Å². The minimum atomic E-state index is -0.447. The number of ether oxygens (including phenoxy) is 1. The molecule has 1 aromatic carbocycles. The summed E-state index contributed by atoms with van der Waals surface area (Å²) in [6, 6.07) is 7.49. The van der Waals surface area contributed by atoms with Crippen LogP contribution in [0.2, 0.25) is 0 Å². The first-order valence-electron chi connectivity index (χ1n) is 8.09. The van der Waals surface area contributed by atoms with E-state index in [1.54, 1.807) is 16.4 Å². The smallest absolute Gasteiger partial charge is 0.333 e. The molecule has 0 atom stereocenters. The Hall–Kier alpha value is -2.48. The zero-order chi connectivity index (χ0) is 17.8. The largest absolute Gasteiger partial charge is 0.463 e. The first-order valence-corrected chi connectivity index (χ1v) is 9.08. The third-order valence-electron chi connectivity index (χ3n) is 3.88. The number of aromatic nitrogens is 2. The fourth-order valence-electron chi connectivity index (χ4n) is 2.77. The van der Waals surface area contributed by atoms with E-state index in [4.69, 9.17) is 4.74 Å². The van der Waals surface area contributed by atoms with Crippen molar-refractivity contribution < 1.29 is 14.3 Å². The molecule has 2 aromatic rings. The lowest BCUT2D eigenvalue weighted by atomic mass is 10.3. The molecule has 1 N–H and O–H groups in total. The van der Waals surface area contributed by atoms with E-state index in [9.17, 15) is 14.4 Å². The average Bonchev–Trinajstić information content (AvgIpc) is 3.09. The van der Waals surface area contributed by atoms with E-state index in [2.05, 4.69) is 4.98 Å². The van der Waals surface area contributed by atoms with Gasteiger partial charge in [-0.05, 0) is 25.5 Å². The average molecular weight is 361 g/mol. The summed E-state index contributed by atoms with van der Waals surface area (Å²) in [7, 11) is 0. The summed E-state index contributed by atoms with van der Waals surface area (Å²) in [4.78, 5) is 40.1. The molecule has 1 saturated heterocycles. The second kappa shape index (κ2) is 7.60. The van der Waals surface area contributed by atoms with Crippen LogP contribution in [0.4, 0.5) is 0 Å². The molecule has 0 unspecified atom stereocenters. The van der Waals surface area contributed by atoms with Crippen LogP contribution in [-0.4, -0.2) is 45.2 Å². The maximum absolute atomic E-state index is 12.1. The molecule has 1 aromatic heterocycles. The lowest BCUT2D eigenvalue weighted by molar-refractivity contribution is -0.137. The number of para-hydroxylation sites is 2. The van der Waals surface area contributed by atoms with E-state index in [1.165, 1.54) is 17.8 Å². The molecule has 0 aliphatic carbocycles. The Morgan fingerprint density at radius 3 is 2.92 bits per heavy atom. The van der Waals surface area contributed by atoms with E-state index < -0.39 is 5.97 Å². The number of thioether (sulfide) groups is 1. The third kappa shape index (κ3) is 3.79. The molecule has 1 amide bonds. The van der Waals surface area contributed by atoms with Crippen molar-refractivity contribution in [2.24, 2.45) is 0 Å². The minimum Gasteiger partial charge on any atom is -0.463 e. The molecular weight excluding hydrogens is 342 g/mol. The van der Waals surface area contributed by atoms with E-state index in [-0.39, 0.29) is 11.6 Å². The fourth-order valence-corrected chi connectivity index (χ4v) is 3.73. The van der Waals surface area contributed by atoms with Gasteiger partial charge < -0.3 is 14.6 Å². The number of fused-ring (bicyclic) bond motifs is 1. The van der Waals surface area contributed by atoms with Crippen molar-refractivity contribution in [2.45, 2.75) is 19.9 Å². The number of aryl methyl sites for hydroxylation is 1. The highest BCUT2D eigenvalue weighted by Crippen LogP contribution is 2.29. The molecule has 25 heavy (non-hydrogen) atoms. The highest BCUT2D eigenvalue weighted by Gasteiger charge is 2.27. The molecule has 1 fully saturated rings. The number of carbonyl (C=O) groups is 2. The summed E-state index contributed by atoms with van der Waals surface area (Å²) in [5.41, 5.74) is 1.48. The highest BCUT2D eigenvalue weighted by molar-refractivity contribution is 8.04. The number of esters is 1. The van der Waals surface area contributed by atoms with Gasteiger partial charge >= 0.3 is 11.7 Å². The van der Waals surface area contributed by atoms with Crippen LogP contribution in [0, 0.1) is 0 Å². The van der Waals surface area contributed by atoms with Crippen molar-refractivity contribution in [3.63, 3.8) is 0 Å². The predicted molar refractivity (Wildman–Crippen MR) is 96.1 cm³/mol. The summed E-state index contributed by atoms with van der Waals surface area (Å²) in [5.74, 6) is -0.164. The number of rotatable bonds is 6. The van der Waals surface area contributed by atoms with Gasteiger partial charge in [0.15, 0.2) is 0 Å². The Morgan fingerprint density at radius 1 is 1.32 bits per heavy atom. The second-order valence-electron chi connectivity index (χ2n) is 5.52. The number of carbonyl (C=O) groups excluding carboxylic acids is 2. The van der Waals surface area contributed by atoms with Crippen LogP contribution in [0.1, 0.15) is 13.3 Å². The number of aromatic amines is 1. The van der Waals surface area contributed by atoms with E-state index in [0.29, 0.717) is 36.9 Å². The van der Waals surface area contributed by atoms with Crippen LogP contribution in [0.3, 0.4) is 0 Å². The van der Waals surface area contributed by atoms with Gasteiger partial charge in [-0.15, -0.1) is 0 Å². The Morgan fingerprint density at radius 2 is 2.12 bits per heavy atom. The summed E-state index contributed by atoms with van der Waals surface area (Å²) in [6.45, 7) is 2.97. The van der Waals surface area contributed by atoms with Gasteiger partial charge in [0.25, 0.3) is 0 Å². The Bertz CT molecular complexity index is 883. The number of H-pyrrole nitrogens is 1. The molecule has 2 heterocycles. The van der Waals surface area contributed by atoms with Crippen LogP contribution in [0.5, 0.6) is 0 Å². The molecule has 7 nitrogen and oxygen atoms in total. The van der Waals surface area contributed by atoms with Crippen LogP contribution in [-0.2, 0) is 20.9 Å². The van der Waals surface area contributed by atoms with Crippen LogP contribution < -0.4 is 5.69 Å². The van der Waals surface area contributed by atoms with Crippen molar-refractivity contribution in [1.82, 2.24) is 14.5 Å². The van der Waals surface area contributed by atoms with Crippen molar-refractivity contribution >= 4 is 34.7 Å². The number of imidazole rings is 1. The molecular formula is C17H19N3O4S. The molecule has 132 valence electrons. The quantitative estimate of drug-likeness (QED) is 0.625. The van der Waals surface area contributed by atoms with Gasteiger partial charge in [0.2, 0.25) is 5.91 Å². The molecule has 0 saturated carbocycles. The van der Waals surface area contributed by atoms with Gasteiger partial charge in [-0.3, -0.25) is 9.36 Å². The maximum Gasteiger partial charge on any atom is 0.333 e. The first kappa shape index (κ1) is 17.3. The number of benzene rings is 1. The Balaban J connectivity index is 1.67. The van der Waals surface area contributed by atoms with Gasteiger partial charge in [0, 0.05) is 13.1 Å². The van der Waals surface area contributed by atoms with E-state index in [1.807, 2.05) is 24.3 Å². The fraction of sp³-hybridized carbons (Fsp3) is 0.353. The van der Waals surface area contributed by atoms with Gasteiger partial charge in [0.05, 0.1) is 34.5 Å². The Kier molecular flexibility index (Phi) is 5.28. The minimum absolute atomic E-state index is 0.0353. The zero-order valence-corrected chi connectivity index (χ0v) is 14.7. The van der Waals surface area contributed by atoms with Crippen molar-refractivity contribution in [3.8, 4) is 0 Å². The van der Waals surface area contributed by atoms with Crippen molar-refractivity contribution in [3.05, 3.63) is 45.9 Å². The van der Waals surface area contributed by atoms with Crippen LogP contribution in [0.15, 0.2) is 40.2 Å². The molecule has 1 aliphatic heterocycles. The number of hydrogen-bond donors (Lipinski definition) is 1. The van der Waals surface area contributed by atoms with Gasteiger partial charge in [-0.1, -0.05) is 23.9 Å². The number of nitrogens with one attached hydrogen (secondary N) is 1. The van der Waals surface area contributed by atoms with Gasteiger partial charge in [0.1, 0.15) is 0 Å². The van der Waals surface area contributed by atoms with Gasteiger partial charge in [-0.2, -0.15) is 0 Å². The summed E-state index contributed by atoms with van der Waals surface area (Å²) in [6.07, 6.45) is 1.96. The number of amides is 1. The molecule has 0 bridgehead atoms. The second-order valence-corrected chi connectivity index (χ2v) is 6.52. The monoisotopic (exact) mass is 361 g/mol.